The molecule has 0 saturated heterocycles. The van der Waals surface area contributed by atoms with Crippen LogP contribution in [0.1, 0.15) is 18.4 Å². The van der Waals surface area contributed by atoms with Gasteiger partial charge >= 0.3 is 0 Å². The molecule has 0 N–H and O–H groups in total. The van der Waals surface area contributed by atoms with E-state index in [4.69, 9.17) is 13.9 Å². The Bertz CT molecular complexity index is 960. The van der Waals surface area contributed by atoms with E-state index in [1.807, 2.05) is 12.1 Å². The molecule has 0 fully saturated rings. The van der Waals surface area contributed by atoms with Crippen molar-refractivity contribution in [1.29, 1.82) is 0 Å². The molecule has 0 bridgehead atoms. The highest BCUT2D eigenvalue weighted by Crippen LogP contribution is 2.39. The van der Waals surface area contributed by atoms with Crippen molar-refractivity contribution in [3.05, 3.63) is 58.3 Å². The predicted molar refractivity (Wildman–Crippen MR) is 101 cm³/mol. The maximum Gasteiger partial charge on any atom is 0.231 e. The zero-order valence-electron chi connectivity index (χ0n) is 13.6. The van der Waals surface area contributed by atoms with Crippen LogP contribution in [0.5, 0.6) is 11.5 Å². The van der Waals surface area contributed by atoms with Crippen molar-refractivity contribution < 1.29 is 13.9 Å². The SMILES string of the molecule is O=c1cc(-c2ccc(CCCCBr)cc2)oc2c3c(ccc12)OCO3. The van der Waals surface area contributed by atoms with E-state index >= 15 is 0 Å². The monoisotopic (exact) mass is 400 g/mol. The highest BCUT2D eigenvalue weighted by molar-refractivity contribution is 9.09. The molecule has 0 atom stereocenters. The van der Waals surface area contributed by atoms with Gasteiger partial charge in [0.2, 0.25) is 12.5 Å². The lowest BCUT2D eigenvalue weighted by Crippen LogP contribution is -2.01. The van der Waals surface area contributed by atoms with Gasteiger partial charge in [-0.1, -0.05) is 40.2 Å². The van der Waals surface area contributed by atoms with Gasteiger partial charge in [0.25, 0.3) is 0 Å². The van der Waals surface area contributed by atoms with E-state index in [9.17, 15) is 4.79 Å². The average molecular weight is 401 g/mol. The summed E-state index contributed by atoms with van der Waals surface area (Å²) in [5, 5.41) is 1.53. The molecule has 4 rings (SSSR count). The summed E-state index contributed by atoms with van der Waals surface area (Å²) in [5.41, 5.74) is 2.51. The minimum absolute atomic E-state index is 0.0871. The molecular weight excluding hydrogens is 384 g/mol. The van der Waals surface area contributed by atoms with Crippen LogP contribution in [0.4, 0.5) is 0 Å². The second kappa shape index (κ2) is 6.92. The first-order valence-electron chi connectivity index (χ1n) is 8.28. The Balaban J connectivity index is 1.71. The van der Waals surface area contributed by atoms with Crippen LogP contribution in [-0.2, 0) is 6.42 Å². The second-order valence-corrected chi connectivity index (χ2v) is 6.79. The van der Waals surface area contributed by atoms with Gasteiger partial charge in [0.15, 0.2) is 16.8 Å². The highest BCUT2D eigenvalue weighted by atomic mass is 79.9. The number of rotatable bonds is 5. The van der Waals surface area contributed by atoms with Crippen molar-refractivity contribution in [2.24, 2.45) is 0 Å². The quantitative estimate of drug-likeness (QED) is 0.451. The molecular formula is C20H17BrO4. The first kappa shape index (κ1) is 16.2. The van der Waals surface area contributed by atoms with E-state index in [1.54, 1.807) is 12.1 Å². The van der Waals surface area contributed by atoms with Gasteiger partial charge in [0.1, 0.15) is 5.76 Å². The Morgan fingerprint density at radius 1 is 1.00 bits per heavy atom. The number of ether oxygens (including phenoxy) is 2. The predicted octanol–water partition coefficient (Wildman–Crippen LogP) is 4.91. The molecule has 2 aromatic carbocycles. The van der Waals surface area contributed by atoms with Crippen LogP contribution in [0.2, 0.25) is 0 Å². The van der Waals surface area contributed by atoms with Crippen molar-refractivity contribution in [1.82, 2.24) is 0 Å². The van der Waals surface area contributed by atoms with Crippen molar-refractivity contribution in [3.63, 3.8) is 0 Å². The zero-order valence-corrected chi connectivity index (χ0v) is 15.2. The van der Waals surface area contributed by atoms with Gasteiger partial charge in [-0.25, -0.2) is 0 Å². The molecule has 128 valence electrons. The molecule has 25 heavy (non-hydrogen) atoms. The molecule has 2 heterocycles. The smallest absolute Gasteiger partial charge is 0.231 e. The Morgan fingerprint density at radius 2 is 1.84 bits per heavy atom. The van der Waals surface area contributed by atoms with E-state index < -0.39 is 0 Å². The number of aryl methyl sites for hydroxylation is 1. The standard InChI is InChI=1S/C20H17BrO4/c21-10-2-1-3-13-4-6-14(7-5-13)18-11-16(22)15-8-9-17-20(19(15)25-18)24-12-23-17/h4-9,11H,1-3,10,12H2. The maximum absolute atomic E-state index is 12.5. The summed E-state index contributed by atoms with van der Waals surface area (Å²) in [4.78, 5) is 12.5. The van der Waals surface area contributed by atoms with E-state index in [2.05, 4.69) is 28.1 Å². The van der Waals surface area contributed by atoms with E-state index in [-0.39, 0.29) is 12.2 Å². The molecule has 1 aromatic heterocycles. The molecule has 1 aliphatic rings. The van der Waals surface area contributed by atoms with Gasteiger partial charge in [-0.05, 0) is 37.0 Å². The third-order valence-electron chi connectivity index (χ3n) is 4.32. The van der Waals surface area contributed by atoms with Crippen molar-refractivity contribution in [2.45, 2.75) is 19.3 Å². The molecule has 3 aromatic rings. The lowest BCUT2D eigenvalue weighted by atomic mass is 10.0. The third kappa shape index (κ3) is 3.16. The Morgan fingerprint density at radius 3 is 2.64 bits per heavy atom. The van der Waals surface area contributed by atoms with Gasteiger partial charge < -0.3 is 13.9 Å². The molecule has 1 aliphatic heterocycles. The van der Waals surface area contributed by atoms with Crippen LogP contribution in [0.15, 0.2) is 51.7 Å². The molecule has 0 aliphatic carbocycles. The minimum atomic E-state index is -0.0871. The van der Waals surface area contributed by atoms with Crippen LogP contribution < -0.4 is 14.9 Å². The number of hydrogen-bond donors (Lipinski definition) is 0. The van der Waals surface area contributed by atoms with Gasteiger partial charge in [0, 0.05) is 17.0 Å². The largest absolute Gasteiger partial charge is 0.453 e. The molecule has 5 heteroatoms. The van der Waals surface area contributed by atoms with Crippen LogP contribution in [0.3, 0.4) is 0 Å². The maximum atomic E-state index is 12.5. The van der Waals surface area contributed by atoms with Gasteiger partial charge in [-0.15, -0.1) is 0 Å². The van der Waals surface area contributed by atoms with Crippen LogP contribution in [0, 0.1) is 0 Å². The highest BCUT2D eigenvalue weighted by Gasteiger charge is 2.20. The average Bonchev–Trinajstić information content (AvgIpc) is 3.12. The van der Waals surface area contributed by atoms with Crippen LogP contribution >= 0.6 is 15.9 Å². The summed E-state index contributed by atoms with van der Waals surface area (Å²) in [6.07, 6.45) is 3.36. The summed E-state index contributed by atoms with van der Waals surface area (Å²) in [7, 11) is 0. The van der Waals surface area contributed by atoms with E-state index in [0.717, 1.165) is 30.2 Å². The van der Waals surface area contributed by atoms with Gasteiger partial charge in [-0.3, -0.25) is 4.79 Å². The number of hydrogen-bond acceptors (Lipinski definition) is 4. The molecule has 0 spiro atoms. The number of benzene rings is 2. The van der Waals surface area contributed by atoms with Gasteiger partial charge in [0.05, 0.1) is 5.39 Å². The summed E-state index contributed by atoms with van der Waals surface area (Å²) in [5.74, 6) is 1.64. The summed E-state index contributed by atoms with van der Waals surface area (Å²) < 4.78 is 16.8. The van der Waals surface area contributed by atoms with Crippen LogP contribution in [0.25, 0.3) is 22.3 Å². The lowest BCUT2D eigenvalue weighted by molar-refractivity contribution is 0.174. The fourth-order valence-electron chi connectivity index (χ4n) is 2.98. The number of halogens is 1. The summed E-state index contributed by atoms with van der Waals surface area (Å²) in [6.45, 7) is 0.144. The summed E-state index contributed by atoms with van der Waals surface area (Å²) in [6, 6.07) is 13.1. The number of unbranched alkanes of at least 4 members (excludes halogenated alkanes) is 1. The normalized spacial score (nSPS) is 12.7. The number of alkyl halides is 1. The fraction of sp³-hybridized carbons (Fsp3) is 0.250. The first-order valence-corrected chi connectivity index (χ1v) is 9.40. The Labute approximate surface area is 153 Å². The van der Waals surface area contributed by atoms with Crippen LogP contribution in [-0.4, -0.2) is 12.1 Å². The number of fused-ring (bicyclic) bond motifs is 3. The second-order valence-electron chi connectivity index (χ2n) is 5.99. The zero-order chi connectivity index (χ0) is 17.2. The molecule has 0 amide bonds. The van der Waals surface area contributed by atoms with Crippen molar-refractivity contribution in [3.8, 4) is 22.8 Å². The minimum Gasteiger partial charge on any atom is -0.453 e. The topological polar surface area (TPSA) is 48.7 Å². The molecule has 0 unspecified atom stereocenters. The van der Waals surface area contributed by atoms with E-state index in [1.165, 1.54) is 11.6 Å². The Kier molecular flexibility index (Phi) is 4.49. The Hall–Kier alpha value is -2.27. The molecule has 0 saturated carbocycles. The van der Waals surface area contributed by atoms with Crippen molar-refractivity contribution in [2.75, 3.05) is 12.1 Å². The lowest BCUT2D eigenvalue weighted by Gasteiger charge is -2.06. The fourth-order valence-corrected chi connectivity index (χ4v) is 3.38. The first-order chi connectivity index (χ1) is 12.3. The summed E-state index contributed by atoms with van der Waals surface area (Å²) >= 11 is 3.45. The van der Waals surface area contributed by atoms with Crippen molar-refractivity contribution >= 4 is 26.9 Å². The third-order valence-corrected chi connectivity index (χ3v) is 4.88. The molecule has 4 nitrogen and oxygen atoms in total. The van der Waals surface area contributed by atoms with E-state index in [0.29, 0.717) is 28.2 Å². The van der Waals surface area contributed by atoms with Gasteiger partial charge in [-0.2, -0.15) is 0 Å². The molecule has 0 radical (unpaired) electrons.